The van der Waals surface area contributed by atoms with Crippen LogP contribution in [0.15, 0.2) is 35.1 Å². The molecule has 2 heterocycles. The lowest BCUT2D eigenvalue weighted by atomic mass is 9.85. The van der Waals surface area contributed by atoms with E-state index in [-0.39, 0.29) is 5.91 Å². The van der Waals surface area contributed by atoms with E-state index in [1.165, 1.54) is 0 Å². The summed E-state index contributed by atoms with van der Waals surface area (Å²) in [4.78, 5) is 12.7. The first-order valence-corrected chi connectivity index (χ1v) is 10.0. The minimum Gasteiger partial charge on any atom is -0.360 e. The normalized spacial score (nSPS) is 16.0. The summed E-state index contributed by atoms with van der Waals surface area (Å²) in [5, 5.41) is 12.2. The molecule has 6 nitrogen and oxygen atoms in total. The molecule has 3 aromatic rings. The summed E-state index contributed by atoms with van der Waals surface area (Å²) in [6, 6.07) is 5.44. The Bertz CT molecular complexity index is 1010. The average molecular weight is 419 g/mol. The van der Waals surface area contributed by atoms with Crippen LogP contribution in [0.4, 0.5) is 5.69 Å². The number of amides is 1. The molecule has 0 saturated heterocycles. The van der Waals surface area contributed by atoms with Gasteiger partial charge in [0.05, 0.1) is 28.5 Å². The first-order chi connectivity index (χ1) is 13.5. The number of rotatable bonds is 5. The molecule has 28 heavy (non-hydrogen) atoms. The molecule has 1 amide bonds. The molecular formula is C20H20Cl2N4O2. The Kier molecular flexibility index (Phi) is 5.42. The van der Waals surface area contributed by atoms with Gasteiger partial charge >= 0.3 is 0 Å². The van der Waals surface area contributed by atoms with Crippen LogP contribution in [0.25, 0.3) is 0 Å². The zero-order chi connectivity index (χ0) is 19.7. The lowest BCUT2D eigenvalue weighted by Gasteiger charge is -2.19. The lowest BCUT2D eigenvalue weighted by Crippen LogP contribution is -2.18. The average Bonchev–Trinajstić information content (AvgIpc) is 3.30. The Morgan fingerprint density at radius 1 is 1.36 bits per heavy atom. The molecule has 1 unspecified atom stereocenters. The summed E-state index contributed by atoms with van der Waals surface area (Å²) >= 11 is 12.0. The van der Waals surface area contributed by atoms with Crippen molar-refractivity contribution in [2.24, 2.45) is 5.92 Å². The van der Waals surface area contributed by atoms with Crippen molar-refractivity contribution in [1.82, 2.24) is 14.9 Å². The Hall–Kier alpha value is -2.31. The van der Waals surface area contributed by atoms with Crippen molar-refractivity contribution in [3.63, 3.8) is 0 Å². The minimum absolute atomic E-state index is 0.268. The molecule has 0 radical (unpaired) electrons. The quantitative estimate of drug-likeness (QED) is 0.632. The monoisotopic (exact) mass is 418 g/mol. The third-order valence-corrected chi connectivity index (χ3v) is 5.89. The van der Waals surface area contributed by atoms with Crippen LogP contribution in [0, 0.1) is 5.92 Å². The number of carbonyl (C=O) groups excluding carboxylic acids is 1. The maximum Gasteiger partial charge on any atom is 0.278 e. The summed E-state index contributed by atoms with van der Waals surface area (Å²) in [6.45, 7) is 2.69. The van der Waals surface area contributed by atoms with Crippen LogP contribution >= 0.6 is 23.2 Å². The SMILES string of the molecule is CCC1CCc2onc(C(=O)Nc3cnn(Cc4ccc(Cl)c(Cl)c4)c3)c2C1. The molecule has 1 aliphatic rings. The van der Waals surface area contributed by atoms with Crippen molar-refractivity contribution in [2.45, 2.75) is 39.2 Å². The summed E-state index contributed by atoms with van der Waals surface area (Å²) in [7, 11) is 0. The van der Waals surface area contributed by atoms with Gasteiger partial charge < -0.3 is 9.84 Å². The first kappa shape index (κ1) is 19.0. The molecule has 4 rings (SSSR count). The number of hydrogen-bond acceptors (Lipinski definition) is 4. The number of halogens is 2. The largest absolute Gasteiger partial charge is 0.360 e. The van der Waals surface area contributed by atoms with Gasteiger partial charge in [-0.25, -0.2) is 0 Å². The van der Waals surface area contributed by atoms with Crippen LogP contribution in [0.1, 0.15) is 47.1 Å². The van der Waals surface area contributed by atoms with E-state index >= 15 is 0 Å². The lowest BCUT2D eigenvalue weighted by molar-refractivity contribution is 0.101. The summed E-state index contributed by atoms with van der Waals surface area (Å²) in [5.41, 5.74) is 2.89. The predicted octanol–water partition coefficient (Wildman–Crippen LogP) is 4.99. The number of nitrogens with one attached hydrogen (secondary N) is 1. The fraction of sp³-hybridized carbons (Fsp3) is 0.350. The van der Waals surface area contributed by atoms with Gasteiger partial charge in [-0.3, -0.25) is 9.48 Å². The molecule has 0 spiro atoms. The smallest absolute Gasteiger partial charge is 0.278 e. The number of aromatic nitrogens is 3. The van der Waals surface area contributed by atoms with Gasteiger partial charge in [-0.2, -0.15) is 5.10 Å². The standard InChI is InChI=1S/C20H20Cl2N4O2/c1-2-12-4-6-18-15(7-12)19(25-28-18)20(27)24-14-9-23-26(11-14)10-13-3-5-16(21)17(22)8-13/h3,5,8-9,11-12H,2,4,6-7,10H2,1H3,(H,24,27). The van der Waals surface area contributed by atoms with E-state index in [9.17, 15) is 4.79 Å². The third kappa shape index (κ3) is 3.93. The van der Waals surface area contributed by atoms with E-state index in [1.54, 1.807) is 29.2 Å². The van der Waals surface area contributed by atoms with Crippen LogP contribution in [-0.4, -0.2) is 20.8 Å². The highest BCUT2D eigenvalue weighted by Crippen LogP contribution is 2.30. The minimum atomic E-state index is -0.268. The topological polar surface area (TPSA) is 73.0 Å². The third-order valence-electron chi connectivity index (χ3n) is 5.15. The number of carbonyl (C=O) groups is 1. The van der Waals surface area contributed by atoms with Crippen LogP contribution in [0.3, 0.4) is 0 Å². The number of nitrogens with zero attached hydrogens (tertiary/aromatic N) is 3. The van der Waals surface area contributed by atoms with Gasteiger partial charge in [-0.05, 0) is 36.5 Å². The second kappa shape index (κ2) is 7.97. The van der Waals surface area contributed by atoms with Gasteiger partial charge in [-0.15, -0.1) is 0 Å². The van der Waals surface area contributed by atoms with Gasteiger partial charge in [0, 0.05) is 18.2 Å². The number of hydrogen-bond donors (Lipinski definition) is 1. The second-order valence-corrected chi connectivity index (χ2v) is 7.89. The van der Waals surface area contributed by atoms with Gasteiger partial charge in [-0.1, -0.05) is 47.8 Å². The molecule has 0 bridgehead atoms. The molecule has 1 N–H and O–H groups in total. The molecule has 1 aromatic carbocycles. The maximum atomic E-state index is 12.7. The van der Waals surface area contributed by atoms with Gasteiger partial charge in [0.1, 0.15) is 5.76 Å². The molecule has 2 aromatic heterocycles. The molecule has 146 valence electrons. The zero-order valence-corrected chi connectivity index (χ0v) is 16.9. The van der Waals surface area contributed by atoms with E-state index in [4.69, 9.17) is 27.7 Å². The van der Waals surface area contributed by atoms with Gasteiger partial charge in [0.25, 0.3) is 5.91 Å². The van der Waals surface area contributed by atoms with Crippen LogP contribution in [-0.2, 0) is 19.4 Å². The fourth-order valence-corrected chi connectivity index (χ4v) is 3.85. The van der Waals surface area contributed by atoms with E-state index in [2.05, 4.69) is 22.5 Å². The molecule has 8 heteroatoms. The van der Waals surface area contributed by atoms with Crippen molar-refractivity contribution in [1.29, 1.82) is 0 Å². The van der Waals surface area contributed by atoms with E-state index in [0.29, 0.717) is 33.9 Å². The van der Waals surface area contributed by atoms with Gasteiger partial charge in [0.2, 0.25) is 0 Å². The molecule has 1 atom stereocenters. The Morgan fingerprint density at radius 3 is 3.00 bits per heavy atom. The summed E-state index contributed by atoms with van der Waals surface area (Å²) in [5.74, 6) is 1.15. The Morgan fingerprint density at radius 2 is 2.21 bits per heavy atom. The highest BCUT2D eigenvalue weighted by atomic mass is 35.5. The molecular weight excluding hydrogens is 399 g/mol. The Labute approximate surface area is 172 Å². The first-order valence-electron chi connectivity index (χ1n) is 9.28. The van der Waals surface area contributed by atoms with Crippen LogP contribution < -0.4 is 5.32 Å². The van der Waals surface area contributed by atoms with E-state index in [0.717, 1.165) is 42.6 Å². The molecule has 0 fully saturated rings. The number of anilines is 1. The van der Waals surface area contributed by atoms with Crippen LogP contribution in [0.2, 0.25) is 10.0 Å². The highest BCUT2D eigenvalue weighted by molar-refractivity contribution is 6.42. The van der Waals surface area contributed by atoms with Crippen molar-refractivity contribution in [2.75, 3.05) is 5.32 Å². The summed E-state index contributed by atoms with van der Waals surface area (Å²) in [6.07, 6.45) is 7.23. The molecule has 0 aliphatic heterocycles. The van der Waals surface area contributed by atoms with E-state index < -0.39 is 0 Å². The fourth-order valence-electron chi connectivity index (χ4n) is 3.53. The van der Waals surface area contributed by atoms with E-state index in [1.807, 2.05) is 6.07 Å². The number of aryl methyl sites for hydroxylation is 1. The van der Waals surface area contributed by atoms with Crippen molar-refractivity contribution in [3.05, 3.63) is 63.2 Å². The van der Waals surface area contributed by atoms with Crippen molar-refractivity contribution in [3.8, 4) is 0 Å². The molecule has 1 aliphatic carbocycles. The number of fused-ring (bicyclic) bond motifs is 1. The van der Waals surface area contributed by atoms with Crippen molar-refractivity contribution >= 4 is 34.8 Å². The predicted molar refractivity (Wildman–Crippen MR) is 108 cm³/mol. The summed E-state index contributed by atoms with van der Waals surface area (Å²) < 4.78 is 7.11. The van der Waals surface area contributed by atoms with Crippen LogP contribution in [0.5, 0.6) is 0 Å². The number of benzene rings is 1. The van der Waals surface area contributed by atoms with Gasteiger partial charge in [0.15, 0.2) is 5.69 Å². The second-order valence-electron chi connectivity index (χ2n) is 7.08. The Balaban J connectivity index is 1.45. The molecule has 0 saturated carbocycles. The highest BCUT2D eigenvalue weighted by Gasteiger charge is 2.28. The maximum absolute atomic E-state index is 12.7. The zero-order valence-electron chi connectivity index (χ0n) is 15.4. The van der Waals surface area contributed by atoms with Crippen molar-refractivity contribution < 1.29 is 9.32 Å².